The van der Waals surface area contributed by atoms with E-state index in [2.05, 4.69) is 26.0 Å². The van der Waals surface area contributed by atoms with Crippen LogP contribution < -0.4 is 0 Å². The average molecular weight is 1000 g/mol. The standard InChI is InChI=1S/C56H106O12S/c1-3-5-7-9-11-13-15-17-19-21-23-25-27-28-30-32-34-36-38-40-42-44-51(57)65-46-49(47-66-56-55(61)54(60)53(59)50(68-56)48-69(62,63)64)67-52(58)45-43-41-39-37-35-33-31-29-26-24-22-20-18-16-14-12-10-8-6-4-2/h17,19,49-50,53-56,59-61H,3-16,18,20-48H2,1-2H3,(H,62,63,64)/b19-17+/t49-,50-,53-,54?,55?,56+/m1/s1. The molecular weight excluding hydrogens is 897 g/mol. The van der Waals surface area contributed by atoms with Crippen molar-refractivity contribution in [1.82, 2.24) is 0 Å². The van der Waals surface area contributed by atoms with Crippen LogP contribution in [0.2, 0.25) is 0 Å². The summed E-state index contributed by atoms with van der Waals surface area (Å²) in [6.07, 6.45) is 43.9. The van der Waals surface area contributed by atoms with Gasteiger partial charge in [-0.1, -0.05) is 238 Å². The summed E-state index contributed by atoms with van der Waals surface area (Å²) in [5.41, 5.74) is 0. The average Bonchev–Trinajstić information content (AvgIpc) is 3.32. The molecule has 12 nitrogen and oxygen atoms in total. The minimum Gasteiger partial charge on any atom is -0.462 e. The van der Waals surface area contributed by atoms with E-state index in [-0.39, 0.29) is 19.4 Å². The summed E-state index contributed by atoms with van der Waals surface area (Å²) in [7, 11) is -4.60. The summed E-state index contributed by atoms with van der Waals surface area (Å²) in [6.45, 7) is 3.82. The lowest BCUT2D eigenvalue weighted by Crippen LogP contribution is -2.60. The Balaban J connectivity index is 2.30. The van der Waals surface area contributed by atoms with Gasteiger partial charge in [0.05, 0.1) is 6.61 Å². The van der Waals surface area contributed by atoms with Crippen molar-refractivity contribution < 1.29 is 56.8 Å². The molecule has 0 saturated carbocycles. The molecule has 13 heteroatoms. The molecule has 0 aromatic heterocycles. The van der Waals surface area contributed by atoms with Gasteiger partial charge in [0.2, 0.25) is 0 Å². The van der Waals surface area contributed by atoms with Gasteiger partial charge in [0.15, 0.2) is 12.4 Å². The van der Waals surface area contributed by atoms with Gasteiger partial charge in [-0.3, -0.25) is 14.1 Å². The second-order valence-corrected chi connectivity index (χ2v) is 21.8. The van der Waals surface area contributed by atoms with Crippen LogP contribution in [-0.4, -0.2) is 96.0 Å². The number of allylic oxidation sites excluding steroid dienone is 2. The highest BCUT2D eigenvalue weighted by Crippen LogP contribution is 2.24. The minimum absolute atomic E-state index is 0.171. The van der Waals surface area contributed by atoms with Crippen molar-refractivity contribution in [2.24, 2.45) is 0 Å². The molecule has 0 bridgehead atoms. The lowest BCUT2D eigenvalue weighted by Gasteiger charge is -2.40. The predicted octanol–water partition coefficient (Wildman–Crippen LogP) is 13.7. The topological polar surface area (TPSA) is 186 Å². The van der Waals surface area contributed by atoms with Gasteiger partial charge < -0.3 is 34.3 Å². The highest BCUT2D eigenvalue weighted by Gasteiger charge is 2.46. The van der Waals surface area contributed by atoms with E-state index in [1.54, 1.807) is 0 Å². The van der Waals surface area contributed by atoms with Crippen LogP contribution in [0, 0.1) is 0 Å². The number of hydrogen-bond donors (Lipinski definition) is 4. The van der Waals surface area contributed by atoms with Gasteiger partial charge in [-0.15, -0.1) is 0 Å². The van der Waals surface area contributed by atoms with E-state index in [1.807, 2.05) is 0 Å². The third-order valence-electron chi connectivity index (χ3n) is 13.6. The summed E-state index contributed by atoms with van der Waals surface area (Å²) < 4.78 is 54.4. The summed E-state index contributed by atoms with van der Waals surface area (Å²) in [4.78, 5) is 25.6. The van der Waals surface area contributed by atoms with Crippen molar-refractivity contribution in [2.45, 2.75) is 314 Å². The van der Waals surface area contributed by atoms with Crippen LogP contribution in [0.15, 0.2) is 12.2 Å². The molecule has 2 unspecified atom stereocenters. The number of aliphatic hydroxyl groups is 3. The molecule has 6 atom stereocenters. The first-order valence-electron chi connectivity index (χ1n) is 28.7. The Bertz CT molecular complexity index is 1310. The van der Waals surface area contributed by atoms with Crippen molar-refractivity contribution in [2.75, 3.05) is 19.0 Å². The van der Waals surface area contributed by atoms with Crippen LogP contribution in [0.25, 0.3) is 0 Å². The van der Waals surface area contributed by atoms with E-state index in [1.165, 1.54) is 199 Å². The normalized spacial score (nSPS) is 19.1. The second kappa shape index (κ2) is 46.2. The van der Waals surface area contributed by atoms with Crippen LogP contribution >= 0.6 is 0 Å². The quantitative estimate of drug-likeness (QED) is 0.0196. The molecule has 1 heterocycles. The number of esters is 2. The van der Waals surface area contributed by atoms with E-state index in [0.29, 0.717) is 12.8 Å². The Labute approximate surface area is 422 Å². The van der Waals surface area contributed by atoms with Crippen molar-refractivity contribution in [1.29, 1.82) is 0 Å². The molecule has 0 radical (unpaired) electrons. The first-order chi connectivity index (χ1) is 33.5. The Morgan fingerprint density at radius 1 is 0.478 bits per heavy atom. The number of carbonyl (C=O) groups is 2. The maximum absolute atomic E-state index is 12.9. The molecule has 0 aliphatic carbocycles. The van der Waals surface area contributed by atoms with Crippen molar-refractivity contribution in [3.63, 3.8) is 0 Å². The number of aliphatic hydroxyl groups excluding tert-OH is 3. The third-order valence-corrected chi connectivity index (χ3v) is 14.3. The molecule has 1 saturated heterocycles. The first-order valence-corrected chi connectivity index (χ1v) is 30.4. The molecule has 1 fully saturated rings. The molecular formula is C56H106O12S. The van der Waals surface area contributed by atoms with Crippen LogP contribution in [0.5, 0.6) is 0 Å². The summed E-state index contributed by atoms with van der Waals surface area (Å²) in [5.74, 6) is -1.96. The van der Waals surface area contributed by atoms with Gasteiger partial charge in [-0.25, -0.2) is 0 Å². The van der Waals surface area contributed by atoms with E-state index < -0.39 is 71.2 Å². The highest BCUT2D eigenvalue weighted by atomic mass is 32.2. The smallest absolute Gasteiger partial charge is 0.306 e. The van der Waals surface area contributed by atoms with Gasteiger partial charge in [0, 0.05) is 12.8 Å². The monoisotopic (exact) mass is 1000 g/mol. The highest BCUT2D eigenvalue weighted by molar-refractivity contribution is 7.85. The van der Waals surface area contributed by atoms with Gasteiger partial charge in [-0.2, -0.15) is 8.42 Å². The van der Waals surface area contributed by atoms with Crippen molar-refractivity contribution >= 4 is 22.1 Å². The zero-order valence-electron chi connectivity index (χ0n) is 44.2. The maximum atomic E-state index is 12.9. The van der Waals surface area contributed by atoms with Crippen molar-refractivity contribution in [3.8, 4) is 0 Å². The maximum Gasteiger partial charge on any atom is 0.306 e. The number of ether oxygens (including phenoxy) is 4. The third kappa shape index (κ3) is 40.5. The van der Waals surface area contributed by atoms with Crippen LogP contribution in [0.4, 0.5) is 0 Å². The van der Waals surface area contributed by atoms with Gasteiger partial charge >= 0.3 is 11.9 Å². The number of hydrogen-bond acceptors (Lipinski definition) is 11. The van der Waals surface area contributed by atoms with Crippen molar-refractivity contribution in [3.05, 3.63) is 12.2 Å². The molecule has 408 valence electrons. The molecule has 1 aliphatic heterocycles. The number of carbonyl (C=O) groups excluding carboxylic acids is 2. The Kier molecular flexibility index (Phi) is 43.8. The summed E-state index contributed by atoms with van der Waals surface area (Å²) >= 11 is 0. The molecule has 0 aromatic rings. The Morgan fingerprint density at radius 2 is 0.826 bits per heavy atom. The predicted molar refractivity (Wildman–Crippen MR) is 280 cm³/mol. The van der Waals surface area contributed by atoms with E-state index in [9.17, 15) is 37.9 Å². The van der Waals surface area contributed by atoms with E-state index >= 15 is 0 Å². The SMILES string of the molecule is CCCCCCCC/C=C/CCCCCCCCCCCCCC(=O)OC[C@H](CO[C@H]1O[C@H](CS(=O)(=O)O)[C@@H](O)C(O)C1O)OC(=O)CCCCCCCCCCCCCCCCCCCCCC. The fraction of sp³-hybridized carbons (Fsp3) is 0.929. The van der Waals surface area contributed by atoms with E-state index in [4.69, 9.17) is 18.9 Å². The zero-order valence-corrected chi connectivity index (χ0v) is 45.0. The summed E-state index contributed by atoms with van der Waals surface area (Å²) in [6, 6.07) is 0. The van der Waals surface area contributed by atoms with Crippen LogP contribution in [0.1, 0.15) is 277 Å². The largest absolute Gasteiger partial charge is 0.462 e. The second-order valence-electron chi connectivity index (χ2n) is 20.3. The Hall–Kier alpha value is -1.61. The molecule has 0 spiro atoms. The molecule has 0 amide bonds. The minimum atomic E-state index is -4.60. The van der Waals surface area contributed by atoms with Crippen LogP contribution in [-0.2, 0) is 38.7 Å². The zero-order chi connectivity index (χ0) is 50.5. The first kappa shape index (κ1) is 65.4. The number of rotatable bonds is 50. The van der Waals surface area contributed by atoms with E-state index in [0.717, 1.165) is 38.5 Å². The fourth-order valence-electron chi connectivity index (χ4n) is 9.15. The summed E-state index contributed by atoms with van der Waals surface area (Å²) in [5, 5.41) is 31.0. The fourth-order valence-corrected chi connectivity index (χ4v) is 9.84. The number of unbranched alkanes of at least 4 members (excludes halogenated alkanes) is 36. The van der Waals surface area contributed by atoms with Crippen LogP contribution in [0.3, 0.4) is 0 Å². The Morgan fingerprint density at radius 3 is 1.20 bits per heavy atom. The lowest BCUT2D eigenvalue weighted by atomic mass is 10.00. The molecule has 4 N–H and O–H groups in total. The van der Waals surface area contributed by atoms with Gasteiger partial charge in [0.25, 0.3) is 10.1 Å². The molecule has 1 rings (SSSR count). The van der Waals surface area contributed by atoms with Gasteiger partial charge in [-0.05, 0) is 38.5 Å². The molecule has 1 aliphatic rings. The lowest BCUT2D eigenvalue weighted by molar-refractivity contribution is -0.297. The van der Waals surface area contributed by atoms with Gasteiger partial charge in [0.1, 0.15) is 36.8 Å². The molecule has 0 aromatic carbocycles. The molecule has 69 heavy (non-hydrogen) atoms.